The number of hydrogen-bond acceptors (Lipinski definition) is 6. The molecule has 2 aliphatic rings. The summed E-state index contributed by atoms with van der Waals surface area (Å²) in [4.78, 5) is 30.3. The van der Waals surface area contributed by atoms with Gasteiger partial charge in [0, 0.05) is 74.0 Å². The van der Waals surface area contributed by atoms with Crippen LogP contribution in [-0.4, -0.2) is 50.1 Å². The van der Waals surface area contributed by atoms with Gasteiger partial charge in [0.05, 0.1) is 5.56 Å². The van der Waals surface area contributed by atoms with Crippen molar-refractivity contribution in [3.8, 4) is 17.7 Å². The van der Waals surface area contributed by atoms with Gasteiger partial charge in [-0.25, -0.2) is 9.69 Å². The molecule has 0 atom stereocenters. The van der Waals surface area contributed by atoms with Crippen molar-refractivity contribution in [2.24, 2.45) is 0 Å². The maximum absolute atomic E-state index is 13.5. The highest BCUT2D eigenvalue weighted by Crippen LogP contribution is 2.58. The Hall–Kier alpha value is -4.51. The normalized spacial score (nSPS) is 14.6. The minimum Gasteiger partial charge on any atom is -0.478 e. The number of anilines is 2. The van der Waals surface area contributed by atoms with Crippen molar-refractivity contribution in [3.05, 3.63) is 82.4 Å². The number of carboxylic acids is 1. The average molecular weight is 454 g/mol. The maximum atomic E-state index is 13.5. The lowest BCUT2D eigenvalue weighted by atomic mass is 9.74. The molecule has 3 aromatic rings. The second kappa shape index (κ2) is 7.25. The lowest BCUT2D eigenvalue weighted by molar-refractivity contribution is 0.0696. The van der Waals surface area contributed by atoms with Gasteiger partial charge in [-0.2, -0.15) is 5.26 Å². The van der Waals surface area contributed by atoms with E-state index in [4.69, 9.17) is 4.74 Å². The Balaban J connectivity index is 1.92. The maximum Gasteiger partial charge on any atom is 0.335 e. The molecule has 8 heteroatoms. The van der Waals surface area contributed by atoms with Crippen LogP contribution < -0.4 is 14.5 Å². The third kappa shape index (κ3) is 2.70. The van der Waals surface area contributed by atoms with Crippen LogP contribution >= 0.6 is 0 Å². The summed E-state index contributed by atoms with van der Waals surface area (Å²) in [5.41, 5.74) is 2.38. The van der Waals surface area contributed by atoms with Crippen molar-refractivity contribution < 1.29 is 19.4 Å². The number of hydrogen-bond donors (Lipinski definition) is 1. The van der Waals surface area contributed by atoms with Crippen molar-refractivity contribution in [1.29, 1.82) is 5.26 Å². The molecule has 1 N–H and O–H groups in total. The number of aromatic carboxylic acids is 1. The fourth-order valence-electron chi connectivity index (χ4n) is 4.82. The van der Waals surface area contributed by atoms with Gasteiger partial charge in [0.25, 0.3) is 5.91 Å². The second-order valence-corrected chi connectivity index (χ2v) is 8.77. The number of nitrogens with zero attached hydrogens (tertiary/aromatic N) is 4. The van der Waals surface area contributed by atoms with E-state index in [-0.39, 0.29) is 5.56 Å². The molecule has 0 fully saturated rings. The Kier molecular flexibility index (Phi) is 4.55. The first-order valence-corrected chi connectivity index (χ1v) is 10.6. The van der Waals surface area contributed by atoms with Gasteiger partial charge in [-0.3, -0.25) is 4.79 Å². The van der Waals surface area contributed by atoms with E-state index in [2.05, 4.69) is 6.19 Å². The van der Waals surface area contributed by atoms with Gasteiger partial charge in [-0.1, -0.05) is 12.1 Å². The largest absolute Gasteiger partial charge is 0.478 e. The van der Waals surface area contributed by atoms with Crippen molar-refractivity contribution >= 4 is 23.3 Å². The standard InChI is InChI=1S/C26H22N4O4/c1-28(2)16-6-9-19-22(12-16)34-23-13-17(29(3)4)7-10-20(23)26(19)21-11-15(25(32)33)5-8-18(21)24(31)30(26)14-27/h5-13H,1-4H3,(H,32,33). The molecule has 170 valence electrons. The molecule has 1 amide bonds. The summed E-state index contributed by atoms with van der Waals surface area (Å²) in [6.07, 6.45) is 2.09. The third-order valence-electron chi connectivity index (χ3n) is 6.49. The zero-order chi connectivity index (χ0) is 24.4. The summed E-state index contributed by atoms with van der Waals surface area (Å²) < 4.78 is 6.35. The van der Waals surface area contributed by atoms with E-state index in [1.807, 2.05) is 74.4 Å². The number of fused-ring (bicyclic) bond motifs is 6. The zero-order valence-electron chi connectivity index (χ0n) is 19.2. The highest BCUT2D eigenvalue weighted by atomic mass is 16.5. The molecular formula is C26H22N4O4. The van der Waals surface area contributed by atoms with E-state index in [0.29, 0.717) is 33.8 Å². The fraction of sp³-hybridized carbons (Fsp3) is 0.192. The van der Waals surface area contributed by atoms with Crippen LogP contribution in [-0.2, 0) is 5.54 Å². The highest BCUT2D eigenvalue weighted by molar-refractivity contribution is 6.04. The molecule has 8 nitrogen and oxygen atoms in total. The Morgan fingerprint density at radius 1 is 0.912 bits per heavy atom. The van der Waals surface area contributed by atoms with Gasteiger partial charge in [0.15, 0.2) is 6.19 Å². The van der Waals surface area contributed by atoms with Gasteiger partial charge in [0.2, 0.25) is 0 Å². The predicted octanol–water partition coefficient (Wildman–Crippen LogP) is 3.85. The Labute approximate surface area is 196 Å². The third-order valence-corrected chi connectivity index (χ3v) is 6.49. The number of nitriles is 1. The molecule has 3 aromatic carbocycles. The quantitative estimate of drug-likeness (QED) is 0.601. The Morgan fingerprint density at radius 3 is 1.94 bits per heavy atom. The molecule has 0 unspecified atom stereocenters. The van der Waals surface area contributed by atoms with E-state index < -0.39 is 17.4 Å². The van der Waals surface area contributed by atoms with Crippen LogP contribution in [0.3, 0.4) is 0 Å². The van der Waals surface area contributed by atoms with Crippen LogP contribution in [0.5, 0.6) is 11.5 Å². The summed E-state index contributed by atoms with van der Waals surface area (Å²) in [7, 11) is 7.64. The molecule has 0 radical (unpaired) electrons. The fourth-order valence-corrected chi connectivity index (χ4v) is 4.82. The van der Waals surface area contributed by atoms with Gasteiger partial charge in [-0.05, 0) is 30.3 Å². The second-order valence-electron chi connectivity index (χ2n) is 8.77. The van der Waals surface area contributed by atoms with Gasteiger partial charge in [0.1, 0.15) is 17.0 Å². The number of benzene rings is 3. The van der Waals surface area contributed by atoms with E-state index in [9.17, 15) is 20.0 Å². The summed E-state index contributed by atoms with van der Waals surface area (Å²) in [6.45, 7) is 0. The summed E-state index contributed by atoms with van der Waals surface area (Å²) >= 11 is 0. The van der Waals surface area contributed by atoms with Gasteiger partial charge < -0.3 is 19.6 Å². The first-order valence-electron chi connectivity index (χ1n) is 10.6. The molecular weight excluding hydrogens is 432 g/mol. The lowest BCUT2D eigenvalue weighted by Crippen LogP contribution is -2.44. The number of carbonyl (C=O) groups excluding carboxylic acids is 1. The highest BCUT2D eigenvalue weighted by Gasteiger charge is 2.57. The molecule has 2 aliphatic heterocycles. The van der Waals surface area contributed by atoms with Crippen LogP contribution in [0.2, 0.25) is 0 Å². The number of amides is 1. The van der Waals surface area contributed by atoms with Gasteiger partial charge in [-0.15, -0.1) is 0 Å². The van der Waals surface area contributed by atoms with Gasteiger partial charge >= 0.3 is 5.97 Å². The predicted molar refractivity (Wildman–Crippen MR) is 127 cm³/mol. The SMILES string of the molecule is CN(C)c1ccc2c(c1)Oc1cc(N(C)C)ccc1C21c2cc(C(=O)O)ccc2C(=O)N1C#N. The number of rotatable bonds is 3. The van der Waals surface area contributed by atoms with Crippen LogP contribution in [0.25, 0.3) is 0 Å². The van der Waals surface area contributed by atoms with Crippen molar-refractivity contribution in [2.75, 3.05) is 38.0 Å². The van der Waals surface area contributed by atoms with Crippen molar-refractivity contribution in [1.82, 2.24) is 4.90 Å². The summed E-state index contributed by atoms with van der Waals surface area (Å²) in [5.74, 6) is -0.603. The average Bonchev–Trinajstić information content (AvgIpc) is 3.06. The molecule has 0 aromatic heterocycles. The first kappa shape index (κ1) is 21.3. The molecule has 0 saturated heterocycles. The first-order chi connectivity index (χ1) is 16.2. The van der Waals surface area contributed by atoms with Crippen molar-refractivity contribution in [3.63, 3.8) is 0 Å². The van der Waals surface area contributed by atoms with E-state index >= 15 is 0 Å². The Bertz CT molecular complexity index is 1360. The number of carbonyl (C=O) groups is 2. The number of carboxylic acid groups (broad SMARTS) is 1. The molecule has 34 heavy (non-hydrogen) atoms. The number of ether oxygens (including phenoxy) is 1. The monoisotopic (exact) mass is 454 g/mol. The van der Waals surface area contributed by atoms with Crippen LogP contribution in [0.4, 0.5) is 11.4 Å². The lowest BCUT2D eigenvalue weighted by Gasteiger charge is -2.41. The van der Waals surface area contributed by atoms with Crippen molar-refractivity contribution in [2.45, 2.75) is 5.54 Å². The molecule has 2 heterocycles. The molecule has 5 rings (SSSR count). The topological polar surface area (TPSA) is 97.1 Å². The van der Waals surface area contributed by atoms with Crippen LogP contribution in [0.1, 0.15) is 37.4 Å². The van der Waals surface area contributed by atoms with E-state index in [1.165, 1.54) is 18.2 Å². The van der Waals surface area contributed by atoms with E-state index in [1.54, 1.807) is 0 Å². The smallest absolute Gasteiger partial charge is 0.335 e. The minimum absolute atomic E-state index is 0.0372. The molecule has 1 spiro atoms. The molecule has 0 bridgehead atoms. The minimum atomic E-state index is -1.36. The van der Waals surface area contributed by atoms with E-state index in [0.717, 1.165) is 16.3 Å². The molecule has 0 aliphatic carbocycles. The summed E-state index contributed by atoms with van der Waals surface area (Å²) in [6, 6.07) is 15.6. The molecule has 0 saturated carbocycles. The van der Waals surface area contributed by atoms with Crippen LogP contribution in [0.15, 0.2) is 54.6 Å². The Morgan fingerprint density at radius 2 is 1.47 bits per heavy atom. The van der Waals surface area contributed by atoms with Crippen LogP contribution in [0, 0.1) is 11.5 Å². The summed E-state index contributed by atoms with van der Waals surface area (Å²) in [5, 5.41) is 19.9. The zero-order valence-corrected chi connectivity index (χ0v) is 19.2.